The molecular formula is C29H23BrN2O2S. The molecule has 0 fully saturated rings. The van der Waals surface area contributed by atoms with E-state index in [1.54, 1.807) is 42.1 Å². The summed E-state index contributed by atoms with van der Waals surface area (Å²) in [7, 11) is 0. The molecule has 0 saturated carbocycles. The third-order valence-corrected chi connectivity index (χ3v) is 6.63. The molecule has 0 atom stereocenters. The summed E-state index contributed by atoms with van der Waals surface area (Å²) >= 11 is 5.18. The Balaban J connectivity index is 1.47. The van der Waals surface area contributed by atoms with Crippen molar-refractivity contribution in [1.29, 1.82) is 0 Å². The van der Waals surface area contributed by atoms with Gasteiger partial charge in [-0.25, -0.2) is 0 Å². The van der Waals surface area contributed by atoms with Crippen LogP contribution in [0.5, 0.6) is 0 Å². The van der Waals surface area contributed by atoms with Gasteiger partial charge in [0.15, 0.2) is 0 Å². The van der Waals surface area contributed by atoms with Gasteiger partial charge in [-0.15, -0.1) is 11.8 Å². The Hall–Kier alpha value is -3.61. The van der Waals surface area contributed by atoms with Crippen LogP contribution in [0.15, 0.2) is 124 Å². The molecule has 0 bridgehead atoms. The fraction of sp³-hybridized carbons (Fsp3) is 0.0345. The summed E-state index contributed by atoms with van der Waals surface area (Å²) in [5.74, 6) is 0.117. The Morgan fingerprint density at radius 2 is 1.49 bits per heavy atom. The third kappa shape index (κ3) is 7.44. The number of amides is 2. The van der Waals surface area contributed by atoms with Gasteiger partial charge in [0.1, 0.15) is 5.70 Å². The van der Waals surface area contributed by atoms with Crippen molar-refractivity contribution in [3.05, 3.63) is 136 Å². The number of hydrogen-bond donors (Lipinski definition) is 2. The van der Waals surface area contributed by atoms with Gasteiger partial charge in [0.05, 0.1) is 0 Å². The van der Waals surface area contributed by atoms with E-state index in [-0.39, 0.29) is 11.6 Å². The van der Waals surface area contributed by atoms with Crippen LogP contribution in [0.4, 0.5) is 5.69 Å². The largest absolute Gasteiger partial charge is 0.321 e. The van der Waals surface area contributed by atoms with Gasteiger partial charge in [-0.05, 0) is 65.7 Å². The number of carbonyl (C=O) groups is 2. The van der Waals surface area contributed by atoms with Crippen molar-refractivity contribution < 1.29 is 9.59 Å². The quantitative estimate of drug-likeness (QED) is 0.183. The van der Waals surface area contributed by atoms with E-state index in [0.717, 1.165) is 20.7 Å². The predicted octanol–water partition coefficient (Wildman–Crippen LogP) is 7.15. The van der Waals surface area contributed by atoms with Crippen molar-refractivity contribution in [1.82, 2.24) is 5.32 Å². The van der Waals surface area contributed by atoms with Crippen LogP contribution in [0.3, 0.4) is 0 Å². The van der Waals surface area contributed by atoms with Gasteiger partial charge < -0.3 is 10.6 Å². The van der Waals surface area contributed by atoms with Crippen molar-refractivity contribution in [3.63, 3.8) is 0 Å². The maximum absolute atomic E-state index is 13.2. The third-order valence-electron chi connectivity index (χ3n) is 5.05. The zero-order valence-corrected chi connectivity index (χ0v) is 21.2. The predicted molar refractivity (Wildman–Crippen MR) is 147 cm³/mol. The molecule has 4 aromatic carbocycles. The van der Waals surface area contributed by atoms with Gasteiger partial charge in [0.25, 0.3) is 11.8 Å². The van der Waals surface area contributed by atoms with Crippen LogP contribution in [0.25, 0.3) is 6.08 Å². The topological polar surface area (TPSA) is 58.2 Å². The van der Waals surface area contributed by atoms with Crippen molar-refractivity contribution in [3.8, 4) is 0 Å². The Kier molecular flexibility index (Phi) is 8.54. The van der Waals surface area contributed by atoms with E-state index in [4.69, 9.17) is 0 Å². The van der Waals surface area contributed by atoms with E-state index >= 15 is 0 Å². The van der Waals surface area contributed by atoms with Crippen LogP contribution < -0.4 is 10.6 Å². The zero-order valence-electron chi connectivity index (χ0n) is 18.8. The number of hydrogen-bond acceptors (Lipinski definition) is 3. The highest BCUT2D eigenvalue weighted by Crippen LogP contribution is 2.24. The van der Waals surface area contributed by atoms with Crippen LogP contribution >= 0.6 is 27.7 Å². The molecule has 2 N–H and O–H groups in total. The fourth-order valence-corrected chi connectivity index (χ4v) is 4.55. The van der Waals surface area contributed by atoms with E-state index in [9.17, 15) is 9.59 Å². The molecule has 0 aliphatic carbocycles. The fourth-order valence-electron chi connectivity index (χ4n) is 3.28. The van der Waals surface area contributed by atoms with Crippen LogP contribution in [0, 0.1) is 0 Å². The molecule has 0 aliphatic rings. The molecule has 4 aromatic rings. The summed E-state index contributed by atoms with van der Waals surface area (Å²) in [5.41, 5.74) is 3.31. The van der Waals surface area contributed by atoms with E-state index < -0.39 is 5.91 Å². The number of halogens is 1. The molecule has 0 spiro atoms. The summed E-state index contributed by atoms with van der Waals surface area (Å²) < 4.78 is 0.879. The molecule has 0 radical (unpaired) electrons. The Labute approximate surface area is 217 Å². The summed E-state index contributed by atoms with van der Waals surface area (Å²) in [6.07, 6.45) is 1.66. The summed E-state index contributed by atoms with van der Waals surface area (Å²) in [4.78, 5) is 27.0. The van der Waals surface area contributed by atoms with Crippen LogP contribution in [-0.2, 0) is 10.5 Å². The van der Waals surface area contributed by atoms with Crippen molar-refractivity contribution in [2.24, 2.45) is 0 Å². The Morgan fingerprint density at radius 1 is 0.800 bits per heavy atom. The van der Waals surface area contributed by atoms with Gasteiger partial charge in [0, 0.05) is 26.4 Å². The first-order valence-corrected chi connectivity index (χ1v) is 12.8. The Bertz CT molecular complexity index is 1320. The van der Waals surface area contributed by atoms with Crippen molar-refractivity contribution in [2.45, 2.75) is 10.6 Å². The lowest BCUT2D eigenvalue weighted by Gasteiger charge is -2.12. The summed E-state index contributed by atoms with van der Waals surface area (Å²) in [6, 6.07) is 34.3. The van der Waals surface area contributed by atoms with E-state index in [2.05, 4.69) is 38.7 Å². The molecule has 0 heterocycles. The van der Waals surface area contributed by atoms with Crippen LogP contribution in [0.1, 0.15) is 21.5 Å². The van der Waals surface area contributed by atoms with Crippen LogP contribution in [-0.4, -0.2) is 11.8 Å². The molecule has 0 aliphatic heterocycles. The smallest absolute Gasteiger partial charge is 0.272 e. The molecule has 0 saturated heterocycles. The van der Waals surface area contributed by atoms with Gasteiger partial charge in [-0.3, -0.25) is 9.59 Å². The normalized spacial score (nSPS) is 11.1. The number of anilines is 1. The number of benzene rings is 4. The highest BCUT2D eigenvalue weighted by molar-refractivity contribution is 9.10. The average molecular weight is 543 g/mol. The standard InChI is InChI=1S/C29H23BrN2O2S/c30-24-13-7-10-22(18-24)19-27(32-28(33)23-11-5-2-6-12-23)29(34)31-25-14-16-26(17-15-25)35-20-21-8-3-1-4-9-21/h1-19H,20H2,(H,31,34)(H,32,33)/b27-19-. The minimum absolute atomic E-state index is 0.152. The second-order valence-corrected chi connectivity index (χ2v) is 9.65. The highest BCUT2D eigenvalue weighted by Gasteiger charge is 2.15. The lowest BCUT2D eigenvalue weighted by molar-refractivity contribution is -0.113. The number of rotatable bonds is 8. The lowest BCUT2D eigenvalue weighted by atomic mass is 10.1. The first-order chi connectivity index (χ1) is 17.1. The minimum Gasteiger partial charge on any atom is -0.321 e. The maximum atomic E-state index is 13.2. The lowest BCUT2D eigenvalue weighted by Crippen LogP contribution is -2.30. The molecular weight excluding hydrogens is 520 g/mol. The van der Waals surface area contributed by atoms with Gasteiger partial charge in [0.2, 0.25) is 0 Å². The average Bonchev–Trinajstić information content (AvgIpc) is 2.89. The second kappa shape index (κ2) is 12.2. The number of nitrogens with one attached hydrogen (secondary N) is 2. The van der Waals surface area contributed by atoms with E-state index in [1.165, 1.54) is 5.56 Å². The first-order valence-electron chi connectivity index (χ1n) is 11.0. The number of thioether (sulfide) groups is 1. The van der Waals surface area contributed by atoms with Gasteiger partial charge in [-0.2, -0.15) is 0 Å². The zero-order chi connectivity index (χ0) is 24.5. The van der Waals surface area contributed by atoms with Crippen molar-refractivity contribution in [2.75, 3.05) is 5.32 Å². The van der Waals surface area contributed by atoms with Crippen LogP contribution in [0.2, 0.25) is 0 Å². The summed E-state index contributed by atoms with van der Waals surface area (Å²) in [6.45, 7) is 0. The SMILES string of the molecule is O=C(Nc1ccc(SCc2ccccc2)cc1)/C(=C/c1cccc(Br)c1)NC(=O)c1ccccc1. The molecule has 0 aromatic heterocycles. The molecule has 35 heavy (non-hydrogen) atoms. The molecule has 6 heteroatoms. The molecule has 174 valence electrons. The van der Waals surface area contributed by atoms with Gasteiger partial charge >= 0.3 is 0 Å². The molecule has 4 nitrogen and oxygen atoms in total. The molecule has 0 unspecified atom stereocenters. The van der Waals surface area contributed by atoms with Gasteiger partial charge in [-0.1, -0.05) is 76.6 Å². The second-order valence-electron chi connectivity index (χ2n) is 7.69. The van der Waals surface area contributed by atoms with Crippen molar-refractivity contribution >= 4 is 51.3 Å². The minimum atomic E-state index is -0.404. The molecule has 2 amide bonds. The molecule has 4 rings (SSSR count). The Morgan fingerprint density at radius 3 is 2.17 bits per heavy atom. The summed E-state index contributed by atoms with van der Waals surface area (Å²) in [5, 5.41) is 5.65. The van der Waals surface area contributed by atoms with E-state index in [1.807, 2.05) is 72.8 Å². The number of carbonyl (C=O) groups excluding carboxylic acids is 2. The van der Waals surface area contributed by atoms with E-state index in [0.29, 0.717) is 11.3 Å². The highest BCUT2D eigenvalue weighted by atomic mass is 79.9. The maximum Gasteiger partial charge on any atom is 0.272 e. The first kappa shape index (κ1) is 24.5. The monoisotopic (exact) mass is 542 g/mol.